The molecule has 0 atom stereocenters. The van der Waals surface area contributed by atoms with Crippen LogP contribution in [0.5, 0.6) is 0 Å². The third-order valence-electron chi connectivity index (χ3n) is 2.81. The Morgan fingerprint density at radius 1 is 1.21 bits per heavy atom. The van der Waals surface area contributed by atoms with Crippen LogP contribution >= 0.6 is 11.6 Å². The van der Waals surface area contributed by atoms with Crippen molar-refractivity contribution in [3.8, 4) is 17.3 Å². The van der Waals surface area contributed by atoms with Gasteiger partial charge in [-0.15, -0.1) is 0 Å². The molecule has 0 saturated heterocycles. The highest BCUT2D eigenvalue weighted by Crippen LogP contribution is 2.22. The largest absolute Gasteiger partial charge is 0.384 e. The molecule has 0 spiro atoms. The highest BCUT2D eigenvalue weighted by Gasteiger charge is 2.05. The van der Waals surface area contributed by atoms with E-state index in [9.17, 15) is 0 Å². The Bertz CT molecular complexity index is 603. The lowest BCUT2D eigenvalue weighted by molar-refractivity contribution is 0.202. The Morgan fingerprint density at radius 3 is 2.53 bits per heavy atom. The average molecular weight is 273 g/mol. The van der Waals surface area contributed by atoms with Gasteiger partial charge < -0.3 is 4.74 Å². The summed E-state index contributed by atoms with van der Waals surface area (Å²) in [6.07, 6.45) is 0.887. The summed E-state index contributed by atoms with van der Waals surface area (Å²) < 4.78 is 5.04. The molecule has 0 aliphatic rings. The van der Waals surface area contributed by atoms with Crippen LogP contribution in [0.4, 0.5) is 0 Å². The smallest absolute Gasteiger partial charge is 0.147 e. The monoisotopic (exact) mass is 272 g/mol. The van der Waals surface area contributed by atoms with Gasteiger partial charge in [0, 0.05) is 12.7 Å². The van der Waals surface area contributed by atoms with Gasteiger partial charge in [-0.1, -0.05) is 35.9 Å². The van der Waals surface area contributed by atoms with Crippen molar-refractivity contribution in [3.63, 3.8) is 0 Å². The van der Waals surface area contributed by atoms with Crippen LogP contribution in [0, 0.1) is 11.3 Å². The number of ether oxygens (including phenoxy) is 1. The molecule has 0 bridgehead atoms. The van der Waals surface area contributed by atoms with Crippen molar-refractivity contribution < 1.29 is 4.74 Å². The van der Waals surface area contributed by atoms with Gasteiger partial charge in [-0.05, 0) is 24.1 Å². The number of hydrogen-bond acceptors (Lipinski definition) is 3. The van der Waals surface area contributed by atoms with Crippen LogP contribution in [0.3, 0.4) is 0 Å². The molecule has 96 valence electrons. The molecule has 0 unspecified atom stereocenters. The Balaban J connectivity index is 2.22. The second-order valence-electron chi connectivity index (χ2n) is 4.09. The van der Waals surface area contributed by atoms with E-state index >= 15 is 0 Å². The average Bonchev–Trinajstić information content (AvgIpc) is 2.45. The maximum absolute atomic E-state index is 8.81. The zero-order valence-corrected chi connectivity index (χ0v) is 11.3. The standard InChI is InChI=1S/C15H13ClN2O/c1-19-9-8-11-2-4-12(5-3-11)14-7-6-13(10-17)15(16)18-14/h2-7H,8-9H2,1H3. The second-order valence-corrected chi connectivity index (χ2v) is 4.44. The number of hydrogen-bond donors (Lipinski definition) is 0. The number of benzene rings is 1. The summed E-state index contributed by atoms with van der Waals surface area (Å²) in [6, 6.07) is 13.6. The van der Waals surface area contributed by atoms with Crippen molar-refractivity contribution in [1.82, 2.24) is 4.98 Å². The predicted octanol–water partition coefficient (Wildman–Crippen LogP) is 3.46. The van der Waals surface area contributed by atoms with Gasteiger partial charge >= 0.3 is 0 Å². The molecule has 2 aromatic rings. The van der Waals surface area contributed by atoms with E-state index in [0.29, 0.717) is 12.2 Å². The number of rotatable bonds is 4. The molecule has 3 nitrogen and oxygen atoms in total. The third kappa shape index (κ3) is 3.31. The highest BCUT2D eigenvalue weighted by atomic mass is 35.5. The summed E-state index contributed by atoms with van der Waals surface area (Å²) in [6.45, 7) is 0.709. The van der Waals surface area contributed by atoms with E-state index in [2.05, 4.69) is 4.98 Å². The molecule has 0 fully saturated rings. The first-order chi connectivity index (χ1) is 9.24. The Labute approximate surface area is 117 Å². The molecule has 0 radical (unpaired) electrons. The van der Waals surface area contributed by atoms with Crippen molar-refractivity contribution in [2.45, 2.75) is 6.42 Å². The van der Waals surface area contributed by atoms with E-state index in [1.54, 1.807) is 19.2 Å². The fourth-order valence-corrected chi connectivity index (χ4v) is 1.94. The molecule has 1 aromatic carbocycles. The molecule has 19 heavy (non-hydrogen) atoms. The SMILES string of the molecule is COCCc1ccc(-c2ccc(C#N)c(Cl)n2)cc1. The van der Waals surface area contributed by atoms with Gasteiger partial charge in [0.1, 0.15) is 11.2 Å². The lowest BCUT2D eigenvalue weighted by Crippen LogP contribution is -1.94. The number of aromatic nitrogens is 1. The zero-order valence-electron chi connectivity index (χ0n) is 10.6. The number of nitriles is 1. The molecule has 0 aliphatic carbocycles. The van der Waals surface area contributed by atoms with E-state index in [1.165, 1.54) is 5.56 Å². The van der Waals surface area contributed by atoms with Crippen LogP contribution in [-0.4, -0.2) is 18.7 Å². The fraction of sp³-hybridized carbons (Fsp3) is 0.200. The minimum absolute atomic E-state index is 0.239. The first-order valence-electron chi connectivity index (χ1n) is 5.89. The molecule has 0 N–H and O–H groups in total. The van der Waals surface area contributed by atoms with Crippen LogP contribution in [0.2, 0.25) is 5.15 Å². The first-order valence-corrected chi connectivity index (χ1v) is 6.27. The molecule has 0 saturated carbocycles. The second kappa shape index (κ2) is 6.33. The summed E-state index contributed by atoms with van der Waals surface area (Å²) in [5.74, 6) is 0. The Hall–Kier alpha value is -1.89. The van der Waals surface area contributed by atoms with E-state index in [0.717, 1.165) is 17.7 Å². The van der Waals surface area contributed by atoms with E-state index < -0.39 is 0 Å². The number of pyridine rings is 1. The Morgan fingerprint density at radius 2 is 1.95 bits per heavy atom. The molecular weight excluding hydrogens is 260 g/mol. The molecule has 1 aromatic heterocycles. The van der Waals surface area contributed by atoms with Crippen molar-refractivity contribution >= 4 is 11.6 Å². The van der Waals surface area contributed by atoms with Crippen LogP contribution in [0.1, 0.15) is 11.1 Å². The molecular formula is C15H13ClN2O. The number of nitrogens with zero attached hydrogens (tertiary/aromatic N) is 2. The van der Waals surface area contributed by atoms with Crippen molar-refractivity contribution in [3.05, 3.63) is 52.7 Å². The Kier molecular flexibility index (Phi) is 4.51. The minimum Gasteiger partial charge on any atom is -0.384 e. The number of halogens is 1. The van der Waals surface area contributed by atoms with E-state index in [1.807, 2.05) is 30.3 Å². The van der Waals surface area contributed by atoms with Gasteiger partial charge in [-0.25, -0.2) is 4.98 Å². The number of methoxy groups -OCH3 is 1. The lowest BCUT2D eigenvalue weighted by atomic mass is 10.1. The summed E-state index contributed by atoms with van der Waals surface area (Å²) in [4.78, 5) is 4.22. The van der Waals surface area contributed by atoms with Gasteiger partial charge in [0.15, 0.2) is 0 Å². The van der Waals surface area contributed by atoms with Crippen molar-refractivity contribution in [1.29, 1.82) is 5.26 Å². The molecule has 2 rings (SSSR count). The normalized spacial score (nSPS) is 10.2. The van der Waals surface area contributed by atoms with Gasteiger partial charge in [0.25, 0.3) is 0 Å². The van der Waals surface area contributed by atoms with Crippen molar-refractivity contribution in [2.24, 2.45) is 0 Å². The highest BCUT2D eigenvalue weighted by molar-refractivity contribution is 6.30. The zero-order chi connectivity index (χ0) is 13.7. The molecule has 0 aliphatic heterocycles. The maximum atomic E-state index is 8.81. The van der Waals surface area contributed by atoms with Gasteiger partial charge in [-0.3, -0.25) is 0 Å². The van der Waals surface area contributed by atoms with Gasteiger partial charge in [0.2, 0.25) is 0 Å². The minimum atomic E-state index is 0.239. The van der Waals surface area contributed by atoms with Crippen LogP contribution in [-0.2, 0) is 11.2 Å². The van der Waals surface area contributed by atoms with Crippen LogP contribution < -0.4 is 0 Å². The fourth-order valence-electron chi connectivity index (χ4n) is 1.74. The van der Waals surface area contributed by atoms with E-state index in [-0.39, 0.29) is 5.15 Å². The topological polar surface area (TPSA) is 45.9 Å². The summed E-state index contributed by atoms with van der Waals surface area (Å²) >= 11 is 5.93. The van der Waals surface area contributed by atoms with Crippen LogP contribution in [0.15, 0.2) is 36.4 Å². The van der Waals surface area contributed by atoms with Gasteiger partial charge in [-0.2, -0.15) is 5.26 Å². The van der Waals surface area contributed by atoms with Crippen LogP contribution in [0.25, 0.3) is 11.3 Å². The first kappa shape index (κ1) is 13.5. The molecule has 4 heteroatoms. The summed E-state index contributed by atoms with van der Waals surface area (Å²) in [7, 11) is 1.69. The lowest BCUT2D eigenvalue weighted by Gasteiger charge is -2.04. The van der Waals surface area contributed by atoms with E-state index in [4.69, 9.17) is 21.6 Å². The summed E-state index contributed by atoms with van der Waals surface area (Å²) in [5, 5.41) is 9.05. The third-order valence-corrected chi connectivity index (χ3v) is 3.10. The molecule has 1 heterocycles. The molecule has 0 amide bonds. The maximum Gasteiger partial charge on any atom is 0.147 e. The van der Waals surface area contributed by atoms with Gasteiger partial charge in [0.05, 0.1) is 17.9 Å². The quantitative estimate of drug-likeness (QED) is 0.801. The predicted molar refractivity (Wildman–Crippen MR) is 75.0 cm³/mol. The van der Waals surface area contributed by atoms with Crippen molar-refractivity contribution in [2.75, 3.05) is 13.7 Å². The summed E-state index contributed by atoms with van der Waals surface area (Å²) in [5.41, 5.74) is 3.35.